The van der Waals surface area contributed by atoms with Gasteiger partial charge in [0.2, 0.25) is 0 Å². The van der Waals surface area contributed by atoms with Crippen LogP contribution in [0.4, 0.5) is 0 Å². The number of H-pyrrole nitrogens is 1. The molecule has 3 N–H and O–H groups in total. The summed E-state index contributed by atoms with van der Waals surface area (Å²) in [6, 6.07) is 9.56. The molecule has 26 heavy (non-hydrogen) atoms. The quantitative estimate of drug-likeness (QED) is 0.612. The summed E-state index contributed by atoms with van der Waals surface area (Å²) >= 11 is 0. The molecule has 1 fully saturated rings. The number of hydrogen-bond donors (Lipinski definition) is 3. The summed E-state index contributed by atoms with van der Waals surface area (Å²) in [7, 11) is 0. The number of aliphatic hydroxyl groups excluding tert-OH is 1. The minimum Gasteiger partial charge on any atom is -0.394 e. The van der Waals surface area contributed by atoms with Crippen LogP contribution in [-0.2, 0) is 4.74 Å². The molecule has 1 amide bonds. The van der Waals surface area contributed by atoms with Gasteiger partial charge in [0, 0.05) is 31.2 Å². The van der Waals surface area contributed by atoms with Crippen molar-refractivity contribution in [2.75, 3.05) is 19.8 Å². The van der Waals surface area contributed by atoms with Gasteiger partial charge in [-0.3, -0.25) is 9.78 Å². The number of nitrogens with one attached hydrogen (secondary N) is 2. The number of rotatable bonds is 4. The number of nitrogens with zero attached hydrogens (tertiary/aromatic N) is 2. The average Bonchev–Trinajstić information content (AvgIpc) is 3.09. The Bertz CT molecular complexity index is 917. The number of aliphatic hydroxyl groups is 1. The molecule has 4 rings (SSSR count). The smallest absolute Gasteiger partial charge is 0.351 e. The molecule has 1 aliphatic rings. The molecule has 0 bridgehead atoms. The zero-order valence-electron chi connectivity index (χ0n) is 14.3. The van der Waals surface area contributed by atoms with Gasteiger partial charge in [0.05, 0.1) is 18.3 Å². The molecule has 0 radical (unpaired) electrons. The molecule has 134 valence electrons. The van der Waals surface area contributed by atoms with E-state index in [4.69, 9.17) is 4.74 Å². The van der Waals surface area contributed by atoms with Crippen LogP contribution >= 0.6 is 0 Å². The van der Waals surface area contributed by atoms with Crippen LogP contribution in [0.1, 0.15) is 23.5 Å². The molecule has 1 saturated heterocycles. The third kappa shape index (κ3) is 2.95. The minimum absolute atomic E-state index is 0.109. The first-order valence-corrected chi connectivity index (χ1v) is 8.66. The predicted octanol–water partition coefficient (Wildman–Crippen LogP) is 1.09. The molecule has 7 nitrogen and oxygen atoms in total. The molecule has 7 heteroatoms. The van der Waals surface area contributed by atoms with E-state index in [0.717, 1.165) is 16.8 Å². The Balaban J connectivity index is 1.73. The maximum Gasteiger partial charge on any atom is 0.351 e. The largest absolute Gasteiger partial charge is 0.394 e. The van der Waals surface area contributed by atoms with Gasteiger partial charge in [0.25, 0.3) is 0 Å². The van der Waals surface area contributed by atoms with Crippen molar-refractivity contribution in [3.05, 3.63) is 54.7 Å². The van der Waals surface area contributed by atoms with Crippen LogP contribution in [0.5, 0.6) is 0 Å². The van der Waals surface area contributed by atoms with Crippen molar-refractivity contribution in [2.24, 2.45) is 0 Å². The zero-order valence-corrected chi connectivity index (χ0v) is 14.3. The lowest BCUT2D eigenvalue weighted by Gasteiger charge is -2.35. The van der Waals surface area contributed by atoms with E-state index < -0.39 is 5.54 Å². The second-order valence-electron chi connectivity index (χ2n) is 6.55. The lowest BCUT2D eigenvalue weighted by atomic mass is 9.91. The third-order valence-corrected chi connectivity index (χ3v) is 4.92. The second-order valence-corrected chi connectivity index (χ2v) is 6.55. The van der Waals surface area contributed by atoms with Crippen molar-refractivity contribution in [3.8, 4) is 11.3 Å². The van der Waals surface area contributed by atoms with Gasteiger partial charge < -0.3 is 15.2 Å². The minimum atomic E-state index is -0.640. The molecule has 3 aromatic rings. The summed E-state index contributed by atoms with van der Waals surface area (Å²) in [4.78, 5) is 20.3. The Morgan fingerprint density at radius 2 is 2.04 bits per heavy atom. The fourth-order valence-corrected chi connectivity index (χ4v) is 3.37. The van der Waals surface area contributed by atoms with E-state index >= 15 is 0 Å². The summed E-state index contributed by atoms with van der Waals surface area (Å²) in [6.45, 7) is 0.950. The van der Waals surface area contributed by atoms with E-state index in [1.54, 1.807) is 12.4 Å². The van der Waals surface area contributed by atoms with Crippen LogP contribution in [0.25, 0.3) is 16.8 Å². The van der Waals surface area contributed by atoms with E-state index in [1.807, 2.05) is 40.9 Å². The lowest BCUT2D eigenvalue weighted by Crippen LogP contribution is -2.55. The van der Waals surface area contributed by atoms with Crippen LogP contribution in [-0.4, -0.2) is 46.3 Å². The van der Waals surface area contributed by atoms with Crippen LogP contribution in [0.3, 0.4) is 0 Å². The Morgan fingerprint density at radius 3 is 2.77 bits per heavy atom. The number of pyridine rings is 2. The maximum absolute atomic E-state index is 13.0. The van der Waals surface area contributed by atoms with Crippen molar-refractivity contribution in [2.45, 2.75) is 18.4 Å². The molecule has 0 aromatic carbocycles. The van der Waals surface area contributed by atoms with Crippen molar-refractivity contribution in [1.82, 2.24) is 15.3 Å². The van der Waals surface area contributed by atoms with Gasteiger partial charge in [-0.25, -0.2) is 4.98 Å². The molecule has 0 unspecified atom stereocenters. The summed E-state index contributed by atoms with van der Waals surface area (Å²) < 4.78 is 7.19. The number of hydrogen-bond acceptors (Lipinski definition) is 4. The molecule has 0 spiro atoms. The number of imidazole rings is 1. The average molecular weight is 353 g/mol. The highest BCUT2D eigenvalue weighted by Gasteiger charge is 2.36. The van der Waals surface area contributed by atoms with Gasteiger partial charge in [0.1, 0.15) is 0 Å². The highest BCUT2D eigenvalue weighted by Crippen LogP contribution is 2.23. The summed E-state index contributed by atoms with van der Waals surface area (Å²) in [5.74, 6) is 0.175. The van der Waals surface area contributed by atoms with Crippen molar-refractivity contribution in [1.29, 1.82) is 0 Å². The molecular formula is C19H21N4O3+. The third-order valence-electron chi connectivity index (χ3n) is 4.92. The number of amides is 1. The Labute approximate surface area is 150 Å². The summed E-state index contributed by atoms with van der Waals surface area (Å²) in [5.41, 5.74) is 2.06. The van der Waals surface area contributed by atoms with Gasteiger partial charge in [-0.05, 0) is 37.1 Å². The van der Waals surface area contributed by atoms with Crippen LogP contribution in [0, 0.1) is 0 Å². The lowest BCUT2D eigenvalue weighted by molar-refractivity contribution is -0.514. The number of carbonyl (C=O) groups is 1. The first kappa shape index (κ1) is 16.7. The van der Waals surface area contributed by atoms with Gasteiger partial charge in [-0.15, -0.1) is 0 Å². The molecule has 4 heterocycles. The topological polar surface area (TPSA) is 91.3 Å². The normalized spacial score (nSPS) is 16.5. The molecule has 3 aromatic heterocycles. The van der Waals surface area contributed by atoms with Gasteiger partial charge in [-0.2, -0.15) is 4.40 Å². The van der Waals surface area contributed by atoms with Gasteiger partial charge in [-0.1, -0.05) is 6.07 Å². The van der Waals surface area contributed by atoms with E-state index in [0.29, 0.717) is 31.9 Å². The predicted molar refractivity (Wildman–Crippen MR) is 94.5 cm³/mol. The number of carbonyl (C=O) groups excluding carboxylic acids is 1. The second kappa shape index (κ2) is 6.86. The first-order valence-electron chi connectivity index (χ1n) is 8.66. The Morgan fingerprint density at radius 1 is 1.27 bits per heavy atom. The highest BCUT2D eigenvalue weighted by molar-refractivity contribution is 5.92. The maximum atomic E-state index is 13.0. The molecule has 0 aliphatic carbocycles. The highest BCUT2D eigenvalue weighted by atomic mass is 16.5. The van der Waals surface area contributed by atoms with Crippen molar-refractivity contribution >= 4 is 11.4 Å². The SMILES string of the molecule is O=C(NC1(CO)CCOCC1)c1[nH]c(-c2ccncc2)c2cccc[n+]12. The van der Waals surface area contributed by atoms with Crippen LogP contribution in [0.15, 0.2) is 48.9 Å². The Hall–Kier alpha value is -2.77. The first-order chi connectivity index (χ1) is 12.7. The van der Waals surface area contributed by atoms with E-state index in [2.05, 4.69) is 15.3 Å². The monoisotopic (exact) mass is 353 g/mol. The fourth-order valence-electron chi connectivity index (χ4n) is 3.37. The van der Waals surface area contributed by atoms with Crippen LogP contribution < -0.4 is 9.72 Å². The van der Waals surface area contributed by atoms with E-state index in [9.17, 15) is 9.90 Å². The van der Waals surface area contributed by atoms with Gasteiger partial charge >= 0.3 is 11.7 Å². The van der Waals surface area contributed by atoms with Gasteiger partial charge in [0.15, 0.2) is 11.2 Å². The van der Waals surface area contributed by atoms with Crippen molar-refractivity contribution in [3.63, 3.8) is 0 Å². The number of ether oxygens (including phenoxy) is 1. The zero-order chi connectivity index (χ0) is 18.0. The summed E-state index contributed by atoms with van der Waals surface area (Å²) in [6.07, 6.45) is 6.48. The van der Waals surface area contributed by atoms with E-state index in [-0.39, 0.29) is 12.5 Å². The number of aromatic nitrogens is 3. The Kier molecular flexibility index (Phi) is 4.40. The summed E-state index contributed by atoms with van der Waals surface area (Å²) in [5, 5.41) is 12.9. The molecule has 0 saturated carbocycles. The van der Waals surface area contributed by atoms with E-state index in [1.165, 1.54) is 0 Å². The molecule has 0 atom stereocenters. The fraction of sp³-hybridized carbons (Fsp3) is 0.316. The molecular weight excluding hydrogens is 332 g/mol. The number of aromatic amines is 1. The van der Waals surface area contributed by atoms with Crippen LogP contribution in [0.2, 0.25) is 0 Å². The molecule has 1 aliphatic heterocycles. The van der Waals surface area contributed by atoms with Crippen molar-refractivity contribution < 1.29 is 19.0 Å². The number of fused-ring (bicyclic) bond motifs is 1. The standard InChI is InChI=1S/C19H20N4O3/c24-13-19(6-11-26-12-7-19)22-18(25)17-21-16(14-4-8-20-9-5-14)15-3-1-2-10-23(15)17/h1-5,8-10,24H,6-7,11-13H2,(H,22,25)/p+1.